The predicted molar refractivity (Wildman–Crippen MR) is 99.3 cm³/mol. The number of aryl methyl sites for hydroxylation is 3. The first kappa shape index (κ1) is 19.6. The van der Waals surface area contributed by atoms with E-state index < -0.39 is 10.0 Å². The molecule has 0 aliphatic rings. The predicted octanol–water partition coefficient (Wildman–Crippen LogP) is 3.63. The van der Waals surface area contributed by atoms with Crippen LogP contribution < -0.4 is 14.2 Å². The summed E-state index contributed by atoms with van der Waals surface area (Å²) in [5.41, 5.74) is 2.40. The van der Waals surface area contributed by atoms with Crippen LogP contribution in [0.15, 0.2) is 35.2 Å². The first-order chi connectivity index (χ1) is 11.7. The Kier molecular flexibility index (Phi) is 6.32. The quantitative estimate of drug-likeness (QED) is 0.741. The van der Waals surface area contributed by atoms with Crippen molar-refractivity contribution in [2.24, 2.45) is 0 Å². The zero-order chi connectivity index (χ0) is 18.6. The summed E-state index contributed by atoms with van der Waals surface area (Å²) in [4.78, 5) is 0.236. The third kappa shape index (κ3) is 4.87. The lowest BCUT2D eigenvalue weighted by atomic mass is 10.1. The van der Waals surface area contributed by atoms with E-state index in [-0.39, 0.29) is 18.0 Å². The molecule has 0 amide bonds. The number of methoxy groups -OCH3 is 1. The SMILES string of the molecule is COc1cc(C)c(S(=O)(=O)NCCOc2cc(C)ccc2Cl)cc1C. The Hall–Kier alpha value is -1.76. The lowest BCUT2D eigenvalue weighted by molar-refractivity contribution is 0.323. The number of sulfonamides is 1. The molecule has 2 aromatic rings. The van der Waals surface area contributed by atoms with Crippen molar-refractivity contribution in [2.75, 3.05) is 20.3 Å². The third-order valence-electron chi connectivity index (χ3n) is 3.72. The number of ether oxygens (including phenoxy) is 2. The maximum Gasteiger partial charge on any atom is 0.240 e. The molecule has 0 aromatic heterocycles. The van der Waals surface area contributed by atoms with Crippen molar-refractivity contribution in [3.05, 3.63) is 52.0 Å². The minimum atomic E-state index is -3.63. The van der Waals surface area contributed by atoms with Gasteiger partial charge in [-0.1, -0.05) is 17.7 Å². The minimum absolute atomic E-state index is 0.136. The molecule has 136 valence electrons. The average molecular weight is 384 g/mol. The van der Waals surface area contributed by atoms with E-state index in [4.69, 9.17) is 21.1 Å². The van der Waals surface area contributed by atoms with Crippen LogP contribution in [0.3, 0.4) is 0 Å². The van der Waals surface area contributed by atoms with Crippen LogP contribution in [0.1, 0.15) is 16.7 Å². The van der Waals surface area contributed by atoms with Crippen LogP contribution in [0.4, 0.5) is 0 Å². The van der Waals surface area contributed by atoms with Gasteiger partial charge in [0.25, 0.3) is 0 Å². The molecule has 2 aromatic carbocycles. The second-order valence-corrected chi connectivity index (χ2v) is 7.91. The largest absolute Gasteiger partial charge is 0.496 e. The van der Waals surface area contributed by atoms with Crippen molar-refractivity contribution in [2.45, 2.75) is 25.7 Å². The fourth-order valence-corrected chi connectivity index (χ4v) is 3.90. The molecule has 7 heteroatoms. The second kappa shape index (κ2) is 8.08. The van der Waals surface area contributed by atoms with Gasteiger partial charge >= 0.3 is 0 Å². The summed E-state index contributed by atoms with van der Waals surface area (Å²) in [6, 6.07) is 8.77. The van der Waals surface area contributed by atoms with Gasteiger partial charge in [0.2, 0.25) is 10.0 Å². The van der Waals surface area contributed by atoms with Crippen LogP contribution in [-0.4, -0.2) is 28.7 Å². The molecule has 0 radical (unpaired) electrons. The number of hydrogen-bond donors (Lipinski definition) is 1. The zero-order valence-electron chi connectivity index (χ0n) is 14.7. The summed E-state index contributed by atoms with van der Waals surface area (Å²) in [6.07, 6.45) is 0. The third-order valence-corrected chi connectivity index (χ3v) is 5.64. The Bertz CT molecular complexity index is 866. The molecule has 25 heavy (non-hydrogen) atoms. The van der Waals surface area contributed by atoms with E-state index in [0.29, 0.717) is 22.1 Å². The van der Waals surface area contributed by atoms with E-state index in [1.165, 1.54) is 0 Å². The van der Waals surface area contributed by atoms with E-state index >= 15 is 0 Å². The fraction of sp³-hybridized carbons (Fsp3) is 0.333. The number of hydrogen-bond acceptors (Lipinski definition) is 4. The molecule has 0 unspecified atom stereocenters. The van der Waals surface area contributed by atoms with Gasteiger partial charge in [0.15, 0.2) is 0 Å². The number of nitrogens with one attached hydrogen (secondary N) is 1. The molecule has 0 saturated heterocycles. The summed E-state index contributed by atoms with van der Waals surface area (Å²) in [5, 5.41) is 0.495. The molecule has 0 atom stereocenters. The highest BCUT2D eigenvalue weighted by Crippen LogP contribution is 2.26. The molecule has 0 bridgehead atoms. The van der Waals surface area contributed by atoms with Crippen LogP contribution in [0.2, 0.25) is 5.02 Å². The van der Waals surface area contributed by atoms with Gasteiger partial charge in [0.1, 0.15) is 18.1 Å². The molecule has 0 heterocycles. The first-order valence-corrected chi connectivity index (χ1v) is 9.64. The van der Waals surface area contributed by atoms with E-state index in [1.54, 1.807) is 39.2 Å². The van der Waals surface area contributed by atoms with Gasteiger partial charge < -0.3 is 9.47 Å². The van der Waals surface area contributed by atoms with Crippen LogP contribution in [0.25, 0.3) is 0 Å². The highest BCUT2D eigenvalue weighted by Gasteiger charge is 2.18. The number of benzene rings is 2. The summed E-state index contributed by atoms with van der Waals surface area (Å²) in [5.74, 6) is 1.20. The Morgan fingerprint density at radius 1 is 1.04 bits per heavy atom. The number of halogens is 1. The van der Waals surface area contributed by atoms with Gasteiger partial charge in [-0.05, 0) is 61.7 Å². The molecule has 1 N–H and O–H groups in total. The summed E-state index contributed by atoms with van der Waals surface area (Å²) in [6.45, 7) is 5.79. The normalized spacial score (nSPS) is 11.4. The van der Waals surface area contributed by atoms with Crippen molar-refractivity contribution >= 4 is 21.6 Å². The molecule has 2 rings (SSSR count). The molecule has 0 aliphatic heterocycles. The second-order valence-electron chi connectivity index (χ2n) is 5.77. The highest BCUT2D eigenvalue weighted by atomic mass is 35.5. The van der Waals surface area contributed by atoms with Crippen molar-refractivity contribution in [1.29, 1.82) is 0 Å². The summed E-state index contributed by atoms with van der Waals surface area (Å²) >= 11 is 6.05. The van der Waals surface area contributed by atoms with Crippen molar-refractivity contribution in [3.8, 4) is 11.5 Å². The lowest BCUT2D eigenvalue weighted by Gasteiger charge is -2.13. The van der Waals surface area contributed by atoms with Gasteiger partial charge in [0, 0.05) is 6.54 Å². The van der Waals surface area contributed by atoms with Gasteiger partial charge in [-0.25, -0.2) is 13.1 Å². The Balaban J connectivity index is 2.02. The van der Waals surface area contributed by atoms with Gasteiger partial charge in [-0.15, -0.1) is 0 Å². The fourth-order valence-electron chi connectivity index (χ4n) is 2.41. The molecule has 0 saturated carbocycles. The standard InChI is InChI=1S/C18H22ClNO4S/c1-12-5-6-15(19)17(9-12)24-8-7-20-25(21,22)18-11-13(2)16(23-4)10-14(18)3/h5-6,9-11,20H,7-8H2,1-4H3. The lowest BCUT2D eigenvalue weighted by Crippen LogP contribution is -2.29. The molecule has 5 nitrogen and oxygen atoms in total. The summed E-state index contributed by atoms with van der Waals surface area (Å²) < 4.78 is 38.3. The van der Waals surface area contributed by atoms with Gasteiger partial charge in [-0.2, -0.15) is 0 Å². The molecular weight excluding hydrogens is 362 g/mol. The highest BCUT2D eigenvalue weighted by molar-refractivity contribution is 7.89. The van der Waals surface area contributed by atoms with Crippen molar-refractivity contribution in [1.82, 2.24) is 4.72 Å². The molecule has 0 spiro atoms. The average Bonchev–Trinajstić information content (AvgIpc) is 2.56. The Morgan fingerprint density at radius 3 is 2.44 bits per heavy atom. The molecule has 0 aliphatic carbocycles. The van der Waals surface area contributed by atoms with Crippen LogP contribution in [0, 0.1) is 20.8 Å². The monoisotopic (exact) mass is 383 g/mol. The molecular formula is C18H22ClNO4S. The summed E-state index contributed by atoms with van der Waals surface area (Å²) in [7, 11) is -2.07. The van der Waals surface area contributed by atoms with Crippen LogP contribution in [0.5, 0.6) is 11.5 Å². The van der Waals surface area contributed by atoms with Crippen LogP contribution >= 0.6 is 11.6 Å². The van der Waals surface area contributed by atoms with E-state index in [9.17, 15) is 8.42 Å². The number of rotatable bonds is 7. The van der Waals surface area contributed by atoms with Gasteiger partial charge in [-0.3, -0.25) is 0 Å². The van der Waals surface area contributed by atoms with Crippen molar-refractivity contribution < 1.29 is 17.9 Å². The smallest absolute Gasteiger partial charge is 0.240 e. The maximum atomic E-state index is 12.5. The zero-order valence-corrected chi connectivity index (χ0v) is 16.3. The topological polar surface area (TPSA) is 64.6 Å². The van der Waals surface area contributed by atoms with E-state index in [1.807, 2.05) is 19.1 Å². The van der Waals surface area contributed by atoms with E-state index in [2.05, 4.69) is 4.72 Å². The van der Waals surface area contributed by atoms with E-state index in [0.717, 1.165) is 11.1 Å². The minimum Gasteiger partial charge on any atom is -0.496 e. The first-order valence-electron chi connectivity index (χ1n) is 7.78. The van der Waals surface area contributed by atoms with Crippen LogP contribution in [-0.2, 0) is 10.0 Å². The maximum absolute atomic E-state index is 12.5. The molecule has 0 fully saturated rings. The Morgan fingerprint density at radius 2 is 1.76 bits per heavy atom. The van der Waals surface area contributed by atoms with Gasteiger partial charge in [0.05, 0.1) is 17.0 Å². The Labute approximate surface area is 154 Å². The van der Waals surface area contributed by atoms with Crippen molar-refractivity contribution in [3.63, 3.8) is 0 Å².